The van der Waals surface area contributed by atoms with Gasteiger partial charge in [-0.1, -0.05) is 6.07 Å². The highest BCUT2D eigenvalue weighted by Crippen LogP contribution is 2.33. The Labute approximate surface area is 142 Å². The molecule has 6 nitrogen and oxygen atoms in total. The van der Waals surface area contributed by atoms with E-state index in [9.17, 15) is 4.79 Å². The molecule has 0 aliphatic carbocycles. The van der Waals surface area contributed by atoms with Crippen molar-refractivity contribution in [1.29, 1.82) is 0 Å². The Balaban J connectivity index is 1.62. The number of ether oxygens (including phenoxy) is 1. The van der Waals surface area contributed by atoms with Crippen LogP contribution in [0.1, 0.15) is 41.6 Å². The third kappa shape index (κ3) is 3.48. The lowest BCUT2D eigenvalue weighted by Gasteiger charge is -2.20. The van der Waals surface area contributed by atoms with Gasteiger partial charge in [-0.3, -0.25) is 14.5 Å². The van der Waals surface area contributed by atoms with Crippen LogP contribution >= 0.6 is 0 Å². The Morgan fingerprint density at radius 3 is 2.92 bits per heavy atom. The Bertz CT molecular complexity index is 711. The topological polar surface area (TPSA) is 69.0 Å². The number of carbonyl (C=O) groups excluding carboxylic acids is 1. The second kappa shape index (κ2) is 7.13. The number of aromatic nitrogens is 3. The quantitative estimate of drug-likeness (QED) is 0.911. The SMILES string of the molecule is Cc1nn(C)c(C)c1[C@H]1OCC[C@@H]1NC(=O)CCc1ccccn1. The van der Waals surface area contributed by atoms with Crippen LogP contribution < -0.4 is 5.32 Å². The van der Waals surface area contributed by atoms with E-state index >= 15 is 0 Å². The molecular formula is C18H24N4O2. The van der Waals surface area contributed by atoms with E-state index in [0.717, 1.165) is 29.1 Å². The van der Waals surface area contributed by atoms with Gasteiger partial charge in [0.2, 0.25) is 5.91 Å². The summed E-state index contributed by atoms with van der Waals surface area (Å²) in [6, 6.07) is 5.76. The van der Waals surface area contributed by atoms with Gasteiger partial charge in [-0.2, -0.15) is 5.10 Å². The van der Waals surface area contributed by atoms with Crippen molar-refractivity contribution in [3.05, 3.63) is 47.0 Å². The van der Waals surface area contributed by atoms with Gasteiger partial charge in [-0.25, -0.2) is 0 Å². The van der Waals surface area contributed by atoms with E-state index in [1.165, 1.54) is 0 Å². The number of pyridine rings is 1. The van der Waals surface area contributed by atoms with E-state index in [-0.39, 0.29) is 18.1 Å². The lowest BCUT2D eigenvalue weighted by atomic mass is 10.00. The van der Waals surface area contributed by atoms with Crippen molar-refractivity contribution in [3.8, 4) is 0 Å². The van der Waals surface area contributed by atoms with E-state index in [2.05, 4.69) is 15.4 Å². The molecule has 1 fully saturated rings. The minimum Gasteiger partial charge on any atom is -0.371 e. The van der Waals surface area contributed by atoms with E-state index in [1.54, 1.807) is 6.20 Å². The average molecular weight is 328 g/mol. The Kier molecular flexibility index (Phi) is 4.94. The summed E-state index contributed by atoms with van der Waals surface area (Å²) in [5.74, 6) is 0.0420. The standard InChI is InChI=1S/C18H24N4O2/c1-12-17(13(2)22(3)21-12)18-15(9-11-24-18)20-16(23)8-7-14-6-4-5-10-19-14/h4-6,10,15,18H,7-9,11H2,1-3H3,(H,20,23)/t15-,18-/m0/s1. The molecule has 128 valence electrons. The van der Waals surface area contributed by atoms with E-state index in [4.69, 9.17) is 4.74 Å². The maximum atomic E-state index is 12.3. The van der Waals surface area contributed by atoms with Gasteiger partial charge in [0.05, 0.1) is 11.7 Å². The fourth-order valence-electron chi connectivity index (χ4n) is 3.29. The lowest BCUT2D eigenvalue weighted by molar-refractivity contribution is -0.122. The summed E-state index contributed by atoms with van der Waals surface area (Å²) < 4.78 is 7.78. The van der Waals surface area contributed by atoms with E-state index in [0.29, 0.717) is 19.4 Å². The summed E-state index contributed by atoms with van der Waals surface area (Å²) in [5.41, 5.74) is 4.10. The molecule has 2 aromatic heterocycles. The van der Waals surface area contributed by atoms with Crippen LogP contribution in [-0.2, 0) is 23.0 Å². The smallest absolute Gasteiger partial charge is 0.220 e. The molecule has 1 N–H and O–H groups in total. The molecule has 0 saturated carbocycles. The molecule has 0 unspecified atom stereocenters. The number of nitrogens with zero attached hydrogens (tertiary/aromatic N) is 3. The molecule has 6 heteroatoms. The molecule has 0 bridgehead atoms. The zero-order valence-corrected chi connectivity index (χ0v) is 14.5. The molecule has 2 atom stereocenters. The van der Waals surface area contributed by atoms with Crippen molar-refractivity contribution in [1.82, 2.24) is 20.1 Å². The van der Waals surface area contributed by atoms with Crippen molar-refractivity contribution in [2.45, 2.75) is 45.3 Å². The molecule has 0 spiro atoms. The zero-order valence-electron chi connectivity index (χ0n) is 14.5. The number of carbonyl (C=O) groups is 1. The summed E-state index contributed by atoms with van der Waals surface area (Å²) in [6.07, 6.45) is 3.55. The highest BCUT2D eigenvalue weighted by atomic mass is 16.5. The minimum absolute atomic E-state index is 0.00262. The third-order valence-electron chi connectivity index (χ3n) is 4.62. The maximum Gasteiger partial charge on any atom is 0.220 e. The maximum absolute atomic E-state index is 12.3. The van der Waals surface area contributed by atoms with Crippen LogP contribution in [0, 0.1) is 13.8 Å². The van der Waals surface area contributed by atoms with Crippen LogP contribution in [-0.4, -0.2) is 33.3 Å². The molecule has 3 heterocycles. The number of hydrogen-bond donors (Lipinski definition) is 1. The summed E-state index contributed by atoms with van der Waals surface area (Å²) in [5, 5.41) is 7.59. The summed E-state index contributed by atoms with van der Waals surface area (Å²) in [4.78, 5) is 16.6. The normalized spacial score (nSPS) is 20.3. The van der Waals surface area contributed by atoms with Crippen LogP contribution in [0.5, 0.6) is 0 Å². The lowest BCUT2D eigenvalue weighted by Crippen LogP contribution is -2.37. The first kappa shape index (κ1) is 16.6. The van der Waals surface area contributed by atoms with Gasteiger partial charge in [-0.15, -0.1) is 0 Å². The number of nitrogens with one attached hydrogen (secondary N) is 1. The predicted octanol–water partition coefficient (Wildman–Crippen LogP) is 2.01. The number of rotatable bonds is 5. The van der Waals surface area contributed by atoms with Gasteiger partial charge >= 0.3 is 0 Å². The van der Waals surface area contributed by atoms with Crippen molar-refractivity contribution in [2.75, 3.05) is 6.61 Å². The molecule has 24 heavy (non-hydrogen) atoms. The first-order chi connectivity index (χ1) is 11.6. The molecule has 1 aliphatic rings. The fraction of sp³-hybridized carbons (Fsp3) is 0.500. The van der Waals surface area contributed by atoms with E-state index < -0.39 is 0 Å². The van der Waals surface area contributed by atoms with Gasteiger partial charge in [0.15, 0.2) is 0 Å². The fourth-order valence-corrected chi connectivity index (χ4v) is 3.29. The second-order valence-corrected chi connectivity index (χ2v) is 6.28. The van der Waals surface area contributed by atoms with Crippen LogP contribution in [0.25, 0.3) is 0 Å². The minimum atomic E-state index is -0.113. The highest BCUT2D eigenvalue weighted by Gasteiger charge is 2.34. The molecule has 0 radical (unpaired) electrons. The Morgan fingerprint density at radius 2 is 2.25 bits per heavy atom. The number of amides is 1. The van der Waals surface area contributed by atoms with Crippen molar-refractivity contribution in [3.63, 3.8) is 0 Å². The number of aryl methyl sites for hydroxylation is 3. The average Bonchev–Trinajstić information content (AvgIpc) is 3.11. The van der Waals surface area contributed by atoms with Crippen molar-refractivity contribution < 1.29 is 9.53 Å². The van der Waals surface area contributed by atoms with Crippen LogP contribution in [0.2, 0.25) is 0 Å². The largest absolute Gasteiger partial charge is 0.371 e. The van der Waals surface area contributed by atoms with E-state index in [1.807, 2.05) is 43.8 Å². The Morgan fingerprint density at radius 1 is 1.42 bits per heavy atom. The molecule has 3 rings (SSSR count). The Hall–Kier alpha value is -2.21. The predicted molar refractivity (Wildman–Crippen MR) is 90.5 cm³/mol. The van der Waals surface area contributed by atoms with Crippen LogP contribution in [0.15, 0.2) is 24.4 Å². The van der Waals surface area contributed by atoms with Crippen LogP contribution in [0.4, 0.5) is 0 Å². The first-order valence-electron chi connectivity index (χ1n) is 8.37. The molecule has 1 saturated heterocycles. The monoisotopic (exact) mass is 328 g/mol. The van der Waals surface area contributed by atoms with Gasteiger partial charge in [0.1, 0.15) is 6.10 Å². The van der Waals surface area contributed by atoms with Gasteiger partial charge < -0.3 is 10.1 Å². The highest BCUT2D eigenvalue weighted by molar-refractivity contribution is 5.76. The van der Waals surface area contributed by atoms with Crippen molar-refractivity contribution in [2.24, 2.45) is 7.05 Å². The van der Waals surface area contributed by atoms with Gasteiger partial charge in [0.25, 0.3) is 0 Å². The second-order valence-electron chi connectivity index (χ2n) is 6.28. The van der Waals surface area contributed by atoms with Gasteiger partial charge in [0, 0.05) is 43.2 Å². The molecule has 1 aliphatic heterocycles. The molecular weight excluding hydrogens is 304 g/mol. The van der Waals surface area contributed by atoms with Crippen molar-refractivity contribution >= 4 is 5.91 Å². The third-order valence-corrected chi connectivity index (χ3v) is 4.62. The summed E-state index contributed by atoms with van der Waals surface area (Å²) >= 11 is 0. The van der Waals surface area contributed by atoms with Crippen LogP contribution in [0.3, 0.4) is 0 Å². The zero-order chi connectivity index (χ0) is 17.1. The first-order valence-corrected chi connectivity index (χ1v) is 8.37. The molecule has 2 aromatic rings. The summed E-state index contributed by atoms with van der Waals surface area (Å²) in [7, 11) is 1.93. The summed E-state index contributed by atoms with van der Waals surface area (Å²) in [6.45, 7) is 4.69. The molecule has 0 aromatic carbocycles. The number of hydrogen-bond acceptors (Lipinski definition) is 4. The molecule has 1 amide bonds. The van der Waals surface area contributed by atoms with Gasteiger partial charge in [-0.05, 0) is 38.8 Å².